The van der Waals surface area contributed by atoms with Gasteiger partial charge in [-0.2, -0.15) is 0 Å². The third-order valence-corrected chi connectivity index (χ3v) is 2.16. The number of nitrogens with zero attached hydrogens (tertiary/aromatic N) is 1. The molecule has 3 nitrogen and oxygen atoms in total. The molecular weight excluding hydrogens is 140 g/mol. The van der Waals surface area contributed by atoms with E-state index in [9.17, 15) is 0 Å². The van der Waals surface area contributed by atoms with Crippen LogP contribution in [0.1, 0.15) is 6.42 Å². The molecule has 1 aliphatic heterocycles. The molecule has 2 aliphatic rings. The van der Waals surface area contributed by atoms with E-state index < -0.39 is 0 Å². The molecule has 1 heterocycles. The number of fused-ring (bicyclic) bond motifs is 1. The summed E-state index contributed by atoms with van der Waals surface area (Å²) in [5, 5.41) is 15.0. The van der Waals surface area contributed by atoms with E-state index >= 15 is 0 Å². The number of rotatable bonds is 0. The van der Waals surface area contributed by atoms with E-state index in [4.69, 9.17) is 5.21 Å². The van der Waals surface area contributed by atoms with Gasteiger partial charge in [-0.15, -0.1) is 0 Å². The zero-order valence-electron chi connectivity index (χ0n) is 6.12. The van der Waals surface area contributed by atoms with Crippen molar-refractivity contribution in [1.29, 1.82) is 0 Å². The van der Waals surface area contributed by atoms with E-state index in [1.54, 1.807) is 0 Å². The molecule has 1 aliphatic carbocycles. The molecule has 1 atom stereocenters. The Morgan fingerprint density at radius 3 is 3.36 bits per heavy atom. The molecule has 1 fully saturated rings. The first-order valence-corrected chi connectivity index (χ1v) is 3.73. The number of allylic oxidation sites excluding steroid dienone is 4. The lowest BCUT2D eigenvalue weighted by molar-refractivity contribution is 0.316. The lowest BCUT2D eigenvalue weighted by atomic mass is 9.96. The summed E-state index contributed by atoms with van der Waals surface area (Å²) >= 11 is 0. The third-order valence-electron chi connectivity index (χ3n) is 2.16. The summed E-state index contributed by atoms with van der Waals surface area (Å²) in [6.07, 6.45) is 7.11. The van der Waals surface area contributed by atoms with Crippen molar-refractivity contribution >= 4 is 5.71 Å². The van der Waals surface area contributed by atoms with Gasteiger partial charge in [0.1, 0.15) is 0 Å². The highest BCUT2D eigenvalue weighted by molar-refractivity contribution is 5.93. The van der Waals surface area contributed by atoms with Gasteiger partial charge >= 0.3 is 0 Å². The van der Waals surface area contributed by atoms with Gasteiger partial charge in [-0.25, -0.2) is 0 Å². The van der Waals surface area contributed by atoms with Crippen molar-refractivity contribution in [3.63, 3.8) is 0 Å². The molecule has 2 rings (SSSR count). The maximum atomic E-state index is 8.60. The van der Waals surface area contributed by atoms with Crippen LogP contribution in [0.15, 0.2) is 29.1 Å². The number of oxime groups is 1. The summed E-state index contributed by atoms with van der Waals surface area (Å²) in [4.78, 5) is 0. The first kappa shape index (κ1) is 6.46. The summed E-state index contributed by atoms with van der Waals surface area (Å²) in [5.41, 5.74) is 2.03. The zero-order chi connectivity index (χ0) is 7.68. The Morgan fingerprint density at radius 1 is 1.64 bits per heavy atom. The van der Waals surface area contributed by atoms with E-state index in [1.807, 2.05) is 12.2 Å². The maximum absolute atomic E-state index is 8.60. The van der Waals surface area contributed by atoms with Gasteiger partial charge < -0.3 is 10.5 Å². The van der Waals surface area contributed by atoms with E-state index in [2.05, 4.69) is 16.5 Å². The molecule has 0 radical (unpaired) electrons. The van der Waals surface area contributed by atoms with Crippen LogP contribution < -0.4 is 5.32 Å². The monoisotopic (exact) mass is 150 g/mol. The Bertz CT molecular complexity index is 253. The number of hydrogen-bond donors (Lipinski definition) is 2. The van der Waals surface area contributed by atoms with E-state index in [0.717, 1.165) is 12.1 Å². The molecule has 3 heteroatoms. The SMILES string of the molecule is ON=C1CNC2=CC=CCC21. The van der Waals surface area contributed by atoms with E-state index in [1.165, 1.54) is 5.70 Å². The van der Waals surface area contributed by atoms with Crippen molar-refractivity contribution in [2.75, 3.05) is 6.54 Å². The molecule has 0 amide bonds. The van der Waals surface area contributed by atoms with Crippen LogP contribution in [-0.4, -0.2) is 17.5 Å². The lowest BCUT2D eigenvalue weighted by Gasteiger charge is -2.10. The maximum Gasteiger partial charge on any atom is 0.0853 e. The minimum atomic E-state index is 0.310. The van der Waals surface area contributed by atoms with Crippen molar-refractivity contribution in [3.05, 3.63) is 23.9 Å². The molecule has 1 saturated heterocycles. The Kier molecular flexibility index (Phi) is 1.42. The predicted molar refractivity (Wildman–Crippen MR) is 42.6 cm³/mol. The van der Waals surface area contributed by atoms with Crippen molar-refractivity contribution in [2.24, 2.45) is 11.1 Å². The predicted octanol–water partition coefficient (Wildman–Crippen LogP) is 0.880. The molecule has 0 saturated carbocycles. The third kappa shape index (κ3) is 0.926. The smallest absolute Gasteiger partial charge is 0.0853 e. The van der Waals surface area contributed by atoms with Crippen LogP contribution in [0.25, 0.3) is 0 Å². The first-order valence-electron chi connectivity index (χ1n) is 3.73. The summed E-state index contributed by atoms with van der Waals surface area (Å²) in [7, 11) is 0. The average molecular weight is 150 g/mol. The van der Waals surface area contributed by atoms with Gasteiger partial charge in [-0.1, -0.05) is 17.3 Å². The van der Waals surface area contributed by atoms with E-state index in [-0.39, 0.29) is 0 Å². The first-order chi connectivity index (χ1) is 5.42. The van der Waals surface area contributed by atoms with Gasteiger partial charge in [0, 0.05) is 11.6 Å². The number of hydrogen-bond acceptors (Lipinski definition) is 3. The second-order valence-electron chi connectivity index (χ2n) is 2.78. The fraction of sp³-hybridized carbons (Fsp3) is 0.375. The topological polar surface area (TPSA) is 44.6 Å². The molecule has 2 N–H and O–H groups in total. The van der Waals surface area contributed by atoms with Crippen LogP contribution in [0.4, 0.5) is 0 Å². The van der Waals surface area contributed by atoms with E-state index in [0.29, 0.717) is 12.5 Å². The number of nitrogens with one attached hydrogen (secondary N) is 1. The zero-order valence-corrected chi connectivity index (χ0v) is 6.12. The van der Waals surface area contributed by atoms with Crippen LogP contribution in [0.5, 0.6) is 0 Å². The second kappa shape index (κ2) is 2.42. The van der Waals surface area contributed by atoms with Crippen LogP contribution in [0, 0.1) is 5.92 Å². The normalized spacial score (nSPS) is 31.5. The highest BCUT2D eigenvalue weighted by atomic mass is 16.4. The minimum absolute atomic E-state index is 0.310. The fourth-order valence-electron chi connectivity index (χ4n) is 1.55. The fourth-order valence-corrected chi connectivity index (χ4v) is 1.55. The quantitative estimate of drug-likeness (QED) is 0.397. The Hall–Kier alpha value is -1.25. The van der Waals surface area contributed by atoms with Crippen molar-refractivity contribution in [3.8, 4) is 0 Å². The average Bonchev–Trinajstić information content (AvgIpc) is 2.47. The molecule has 0 bridgehead atoms. The molecule has 0 spiro atoms. The summed E-state index contributed by atoms with van der Waals surface area (Å²) in [6.45, 7) is 0.689. The summed E-state index contributed by atoms with van der Waals surface area (Å²) in [6, 6.07) is 0. The Morgan fingerprint density at radius 2 is 2.55 bits per heavy atom. The van der Waals surface area contributed by atoms with Crippen LogP contribution in [-0.2, 0) is 0 Å². The molecule has 58 valence electrons. The summed E-state index contributed by atoms with van der Waals surface area (Å²) < 4.78 is 0. The van der Waals surface area contributed by atoms with Crippen LogP contribution in [0.3, 0.4) is 0 Å². The Labute approximate surface area is 65.1 Å². The highest BCUT2D eigenvalue weighted by Gasteiger charge is 2.27. The molecular formula is C8H10N2O. The van der Waals surface area contributed by atoms with Gasteiger partial charge in [-0.3, -0.25) is 0 Å². The van der Waals surface area contributed by atoms with Crippen molar-refractivity contribution < 1.29 is 5.21 Å². The van der Waals surface area contributed by atoms with Crippen LogP contribution >= 0.6 is 0 Å². The van der Waals surface area contributed by atoms with Crippen molar-refractivity contribution in [1.82, 2.24) is 5.32 Å². The van der Waals surface area contributed by atoms with Gasteiger partial charge in [0.2, 0.25) is 0 Å². The molecule has 0 aromatic carbocycles. The highest BCUT2D eigenvalue weighted by Crippen LogP contribution is 2.24. The molecule has 0 aromatic rings. The van der Waals surface area contributed by atoms with Gasteiger partial charge in [0.15, 0.2) is 0 Å². The standard InChI is InChI=1S/C8H10N2O/c11-10-8-5-9-7-4-2-1-3-6(7)8/h1-2,4,6,9,11H,3,5H2. The minimum Gasteiger partial charge on any atom is -0.411 e. The van der Waals surface area contributed by atoms with Gasteiger partial charge in [0.25, 0.3) is 0 Å². The van der Waals surface area contributed by atoms with Gasteiger partial charge in [-0.05, 0) is 12.5 Å². The summed E-state index contributed by atoms with van der Waals surface area (Å²) in [5.74, 6) is 0.310. The molecule has 11 heavy (non-hydrogen) atoms. The van der Waals surface area contributed by atoms with Crippen LogP contribution in [0.2, 0.25) is 0 Å². The Balaban J connectivity index is 2.28. The molecule has 1 unspecified atom stereocenters. The lowest BCUT2D eigenvalue weighted by Crippen LogP contribution is -2.10. The molecule has 0 aromatic heterocycles. The second-order valence-corrected chi connectivity index (χ2v) is 2.78. The van der Waals surface area contributed by atoms with Gasteiger partial charge in [0.05, 0.1) is 12.3 Å². The van der Waals surface area contributed by atoms with Crippen molar-refractivity contribution in [2.45, 2.75) is 6.42 Å². The largest absolute Gasteiger partial charge is 0.411 e.